The Hall–Kier alpha value is -2.12. The Labute approximate surface area is 246 Å². The van der Waals surface area contributed by atoms with Crippen molar-refractivity contribution in [1.82, 2.24) is 20.0 Å². The minimum absolute atomic E-state index is 0. The van der Waals surface area contributed by atoms with Crippen molar-refractivity contribution in [3.05, 3.63) is 35.4 Å². The average Bonchev–Trinajstić information content (AvgIpc) is 2.98. The Kier molecular flexibility index (Phi) is 10.9. The van der Waals surface area contributed by atoms with E-state index in [1.807, 2.05) is 21.9 Å². The zero-order valence-corrected chi connectivity index (χ0v) is 25.2. The predicted molar refractivity (Wildman–Crippen MR) is 160 cm³/mol. The van der Waals surface area contributed by atoms with Crippen molar-refractivity contribution in [2.45, 2.75) is 109 Å². The van der Waals surface area contributed by atoms with E-state index in [1.54, 1.807) is 0 Å². The first-order chi connectivity index (χ1) is 19.0. The molecular weight excluding hydrogens is 524 g/mol. The summed E-state index contributed by atoms with van der Waals surface area (Å²) in [6, 6.07) is 7.71. The number of amides is 3. The Balaban J connectivity index is 0.00000370. The summed E-state index contributed by atoms with van der Waals surface area (Å²) in [7, 11) is 0. The summed E-state index contributed by atoms with van der Waals surface area (Å²) in [5, 5.41) is 3.20. The third-order valence-corrected chi connectivity index (χ3v) is 9.77. The fourth-order valence-electron chi connectivity index (χ4n) is 7.30. The molecule has 0 unspecified atom stereocenters. The number of likely N-dealkylation sites (tertiary alicyclic amines) is 2. The lowest BCUT2D eigenvalue weighted by Crippen LogP contribution is -2.73. The highest BCUT2D eigenvalue weighted by Crippen LogP contribution is 2.36. The number of rotatable bonds is 8. The summed E-state index contributed by atoms with van der Waals surface area (Å²) in [4.78, 5) is 46.6. The summed E-state index contributed by atoms with van der Waals surface area (Å²) < 4.78 is 0. The molecule has 3 aliphatic heterocycles. The van der Waals surface area contributed by atoms with E-state index in [1.165, 1.54) is 44.1 Å². The van der Waals surface area contributed by atoms with E-state index in [0.29, 0.717) is 25.3 Å². The van der Waals surface area contributed by atoms with E-state index >= 15 is 0 Å². The first kappa shape index (κ1) is 30.8. The summed E-state index contributed by atoms with van der Waals surface area (Å²) in [6.45, 7) is 6.91. The number of nitrogens with zero attached hydrogens (tertiary/aromatic N) is 3. The van der Waals surface area contributed by atoms with Gasteiger partial charge in [0, 0.05) is 44.8 Å². The maximum absolute atomic E-state index is 13.8. The smallest absolute Gasteiger partial charge is 0.253 e. The van der Waals surface area contributed by atoms with E-state index in [-0.39, 0.29) is 36.2 Å². The molecule has 222 valence electrons. The second-order valence-corrected chi connectivity index (χ2v) is 12.5. The van der Waals surface area contributed by atoms with Gasteiger partial charge in [-0.3, -0.25) is 19.3 Å². The van der Waals surface area contributed by atoms with Gasteiger partial charge in [-0.25, -0.2) is 0 Å². The van der Waals surface area contributed by atoms with Crippen molar-refractivity contribution >= 4 is 30.1 Å². The monoisotopic (exact) mass is 572 g/mol. The molecule has 7 nitrogen and oxygen atoms in total. The lowest BCUT2D eigenvalue weighted by Gasteiger charge is -2.52. The van der Waals surface area contributed by atoms with Gasteiger partial charge < -0.3 is 15.1 Å². The van der Waals surface area contributed by atoms with Gasteiger partial charge in [-0.2, -0.15) is 0 Å². The van der Waals surface area contributed by atoms with E-state index in [0.717, 1.165) is 70.4 Å². The highest BCUT2D eigenvalue weighted by molar-refractivity contribution is 6.00. The zero-order chi connectivity index (χ0) is 27.2. The number of halogens is 1. The lowest BCUT2D eigenvalue weighted by molar-refractivity contribution is -0.162. The van der Waals surface area contributed by atoms with Crippen LogP contribution in [0.1, 0.15) is 106 Å². The lowest BCUT2D eigenvalue weighted by atomic mass is 9.79. The van der Waals surface area contributed by atoms with Crippen LogP contribution in [-0.2, 0) is 16.1 Å². The number of carbonyl (C=O) groups is 3. The summed E-state index contributed by atoms with van der Waals surface area (Å²) >= 11 is 0. The number of piperazine rings is 1. The molecule has 4 fully saturated rings. The van der Waals surface area contributed by atoms with Crippen molar-refractivity contribution in [3.63, 3.8) is 0 Å². The molecule has 4 aliphatic rings. The van der Waals surface area contributed by atoms with E-state index in [4.69, 9.17) is 0 Å². The van der Waals surface area contributed by atoms with Crippen LogP contribution < -0.4 is 5.32 Å². The highest BCUT2D eigenvalue weighted by Gasteiger charge is 2.53. The summed E-state index contributed by atoms with van der Waals surface area (Å²) in [5.41, 5.74) is 1.24. The number of hydrogen-bond acceptors (Lipinski definition) is 4. The number of nitrogens with one attached hydrogen (secondary N) is 1. The van der Waals surface area contributed by atoms with Gasteiger partial charge in [0.15, 0.2) is 0 Å². The van der Waals surface area contributed by atoms with Crippen molar-refractivity contribution in [1.29, 1.82) is 0 Å². The summed E-state index contributed by atoms with van der Waals surface area (Å²) in [6.07, 6.45) is 13.7. The largest absolute Gasteiger partial charge is 0.342 e. The molecule has 1 aromatic carbocycles. The van der Waals surface area contributed by atoms with E-state index in [9.17, 15) is 14.4 Å². The van der Waals surface area contributed by atoms with E-state index < -0.39 is 5.54 Å². The van der Waals surface area contributed by atoms with Crippen LogP contribution in [0.2, 0.25) is 0 Å². The fourth-order valence-corrected chi connectivity index (χ4v) is 7.30. The first-order valence-corrected chi connectivity index (χ1v) is 15.7. The van der Waals surface area contributed by atoms with Crippen LogP contribution in [0.4, 0.5) is 0 Å². The van der Waals surface area contributed by atoms with Gasteiger partial charge in [-0.05, 0) is 68.6 Å². The molecule has 0 aromatic heterocycles. The predicted octanol–water partition coefficient (Wildman–Crippen LogP) is 5.17. The molecule has 8 heteroatoms. The van der Waals surface area contributed by atoms with Crippen molar-refractivity contribution in [3.8, 4) is 0 Å². The number of unbranched alkanes of at least 4 members (excludes halogenated alkanes) is 1. The first-order valence-electron chi connectivity index (χ1n) is 15.7. The maximum Gasteiger partial charge on any atom is 0.253 e. The van der Waals surface area contributed by atoms with Crippen LogP contribution in [-0.4, -0.2) is 76.7 Å². The zero-order valence-electron chi connectivity index (χ0n) is 24.4. The molecule has 1 aliphatic carbocycles. The minimum atomic E-state index is -0.712. The minimum Gasteiger partial charge on any atom is -0.342 e. The molecule has 0 radical (unpaired) electrons. The SMILES string of the molecule is CCCCN1C(=O)[C@H](CC2CCCCC2)NC(=O)C12CCN(Cc1ccc(C(=O)N3CCCCC3)cc1)CC2.Cl. The third kappa shape index (κ3) is 6.84. The number of carbonyl (C=O) groups excluding carboxylic acids is 3. The topological polar surface area (TPSA) is 73.0 Å². The molecule has 1 aromatic rings. The van der Waals surface area contributed by atoms with Gasteiger partial charge >= 0.3 is 0 Å². The van der Waals surface area contributed by atoms with Gasteiger partial charge in [-0.15, -0.1) is 12.4 Å². The quantitative estimate of drug-likeness (QED) is 0.467. The molecule has 1 atom stereocenters. The van der Waals surface area contributed by atoms with Crippen molar-refractivity contribution in [2.75, 3.05) is 32.7 Å². The van der Waals surface area contributed by atoms with Gasteiger partial charge in [0.05, 0.1) is 0 Å². The van der Waals surface area contributed by atoms with Crippen LogP contribution in [0.25, 0.3) is 0 Å². The second kappa shape index (κ2) is 14.2. The summed E-state index contributed by atoms with van der Waals surface area (Å²) in [5.74, 6) is 0.914. The highest BCUT2D eigenvalue weighted by atomic mass is 35.5. The molecule has 3 amide bonds. The van der Waals surface area contributed by atoms with Crippen LogP contribution in [0.15, 0.2) is 24.3 Å². The Morgan fingerprint density at radius 1 is 0.925 bits per heavy atom. The molecule has 1 N–H and O–H groups in total. The molecule has 40 heavy (non-hydrogen) atoms. The molecule has 0 bridgehead atoms. The van der Waals surface area contributed by atoms with Gasteiger partial charge in [-0.1, -0.05) is 57.6 Å². The fraction of sp³-hybridized carbons (Fsp3) is 0.719. The van der Waals surface area contributed by atoms with Crippen molar-refractivity contribution < 1.29 is 14.4 Å². The third-order valence-electron chi connectivity index (χ3n) is 9.77. The Morgan fingerprint density at radius 3 is 2.23 bits per heavy atom. The van der Waals surface area contributed by atoms with Gasteiger partial charge in [0.25, 0.3) is 5.91 Å². The normalized spacial score (nSPS) is 24.1. The van der Waals surface area contributed by atoms with Crippen LogP contribution in [0, 0.1) is 5.92 Å². The average molecular weight is 573 g/mol. The van der Waals surface area contributed by atoms with Crippen LogP contribution >= 0.6 is 12.4 Å². The molecule has 3 heterocycles. The van der Waals surface area contributed by atoms with Crippen molar-refractivity contribution in [2.24, 2.45) is 5.92 Å². The number of hydrogen-bond donors (Lipinski definition) is 1. The van der Waals surface area contributed by atoms with Gasteiger partial charge in [0.2, 0.25) is 11.8 Å². The van der Waals surface area contributed by atoms with Crippen LogP contribution in [0.5, 0.6) is 0 Å². The Morgan fingerprint density at radius 2 is 1.57 bits per heavy atom. The second-order valence-electron chi connectivity index (χ2n) is 12.5. The molecule has 3 saturated heterocycles. The Bertz CT molecular complexity index is 996. The van der Waals surface area contributed by atoms with Crippen LogP contribution in [0.3, 0.4) is 0 Å². The molecule has 1 saturated carbocycles. The number of benzene rings is 1. The standard InChI is InChI=1S/C32H48N4O3.ClH/c1-2-3-20-36-30(38)28(23-25-10-6-4-7-11-25)33-31(39)32(36)16-21-34(22-17-32)24-26-12-14-27(15-13-26)29(37)35-18-8-5-9-19-35;/h12-15,25,28H,2-11,16-24H2,1H3,(H,33,39);1H/t28-;/m0./s1. The molecule has 1 spiro atoms. The maximum atomic E-state index is 13.8. The molecule has 5 rings (SSSR count). The number of piperidine rings is 2. The van der Waals surface area contributed by atoms with E-state index in [2.05, 4.69) is 29.3 Å². The van der Waals surface area contributed by atoms with Gasteiger partial charge in [0.1, 0.15) is 11.6 Å². The molecular formula is C32H49ClN4O3.